The molecule has 90 valence electrons. The second-order valence-electron chi connectivity index (χ2n) is 4.05. The van der Waals surface area contributed by atoms with Crippen LogP contribution in [0.1, 0.15) is 22.5 Å². The first-order chi connectivity index (χ1) is 8.19. The summed E-state index contributed by atoms with van der Waals surface area (Å²) in [5, 5.41) is 9.92. The van der Waals surface area contributed by atoms with Gasteiger partial charge in [-0.25, -0.2) is 4.98 Å². The van der Waals surface area contributed by atoms with Crippen molar-refractivity contribution in [3.63, 3.8) is 0 Å². The number of imidazole rings is 1. The van der Waals surface area contributed by atoms with Crippen LogP contribution in [0.4, 0.5) is 0 Å². The summed E-state index contributed by atoms with van der Waals surface area (Å²) >= 11 is 1.65. The van der Waals surface area contributed by atoms with E-state index in [0.29, 0.717) is 0 Å². The lowest BCUT2D eigenvalue weighted by Gasteiger charge is -1.99. The number of aliphatic hydroxyl groups excluding tert-OH is 1. The summed E-state index contributed by atoms with van der Waals surface area (Å²) in [7, 11) is 0. The van der Waals surface area contributed by atoms with Crippen molar-refractivity contribution < 1.29 is 5.11 Å². The molecule has 0 amide bonds. The van der Waals surface area contributed by atoms with E-state index in [1.165, 1.54) is 11.1 Å². The highest BCUT2D eigenvalue weighted by atomic mass is 32.2. The number of H-pyrrole nitrogens is 1. The van der Waals surface area contributed by atoms with Crippen molar-refractivity contribution in [1.82, 2.24) is 9.97 Å². The van der Waals surface area contributed by atoms with E-state index in [1.807, 2.05) is 6.92 Å². The second-order valence-corrected chi connectivity index (χ2v) is 5.01. The summed E-state index contributed by atoms with van der Waals surface area (Å²) in [4.78, 5) is 7.49. The number of benzene rings is 1. The number of hydrogen-bond donors (Lipinski definition) is 2. The second kappa shape index (κ2) is 5.38. The van der Waals surface area contributed by atoms with E-state index in [0.717, 1.165) is 22.3 Å². The Balaban J connectivity index is 1.99. The maximum atomic E-state index is 9.06. The molecule has 0 fully saturated rings. The molecule has 0 aliphatic carbocycles. The van der Waals surface area contributed by atoms with Crippen LogP contribution in [0.3, 0.4) is 0 Å². The monoisotopic (exact) mass is 248 g/mol. The van der Waals surface area contributed by atoms with Crippen molar-refractivity contribution in [2.75, 3.05) is 0 Å². The van der Waals surface area contributed by atoms with Gasteiger partial charge in [0.25, 0.3) is 0 Å². The van der Waals surface area contributed by atoms with Gasteiger partial charge in [0.2, 0.25) is 0 Å². The number of nitrogens with one attached hydrogen (secondary N) is 1. The van der Waals surface area contributed by atoms with Crippen molar-refractivity contribution in [2.45, 2.75) is 31.4 Å². The van der Waals surface area contributed by atoms with E-state index >= 15 is 0 Å². The number of thioether (sulfide) groups is 1. The zero-order valence-corrected chi connectivity index (χ0v) is 10.8. The molecule has 1 heterocycles. The Morgan fingerprint density at radius 2 is 1.94 bits per heavy atom. The molecule has 0 radical (unpaired) electrons. The Morgan fingerprint density at radius 3 is 2.53 bits per heavy atom. The van der Waals surface area contributed by atoms with Crippen LogP contribution in [0.15, 0.2) is 29.4 Å². The fourth-order valence-electron chi connectivity index (χ4n) is 1.53. The molecular formula is C13H16N2OS. The minimum atomic E-state index is -0.00652. The first-order valence-corrected chi connectivity index (χ1v) is 6.52. The molecule has 3 nitrogen and oxygen atoms in total. The Morgan fingerprint density at radius 1 is 1.24 bits per heavy atom. The molecule has 1 aromatic carbocycles. The van der Waals surface area contributed by atoms with Gasteiger partial charge in [-0.3, -0.25) is 0 Å². The molecule has 0 bridgehead atoms. The highest BCUT2D eigenvalue weighted by molar-refractivity contribution is 7.98. The summed E-state index contributed by atoms with van der Waals surface area (Å²) < 4.78 is 0. The number of aromatic nitrogens is 2. The largest absolute Gasteiger partial charge is 0.390 e. The molecule has 2 rings (SSSR count). The van der Waals surface area contributed by atoms with Gasteiger partial charge in [-0.15, -0.1) is 0 Å². The maximum Gasteiger partial charge on any atom is 0.166 e. The maximum absolute atomic E-state index is 9.06. The van der Waals surface area contributed by atoms with Gasteiger partial charge in [-0.1, -0.05) is 41.6 Å². The fourth-order valence-corrected chi connectivity index (χ4v) is 2.42. The van der Waals surface area contributed by atoms with Crippen LogP contribution in [0, 0.1) is 13.8 Å². The minimum Gasteiger partial charge on any atom is -0.390 e. The molecule has 0 spiro atoms. The standard InChI is InChI=1S/C13H16N2OS/c1-9-3-5-11(6-4-9)8-17-13-14-10(2)12(7-16)15-13/h3-6,16H,7-8H2,1-2H3,(H,14,15). The predicted molar refractivity (Wildman–Crippen MR) is 70.0 cm³/mol. The van der Waals surface area contributed by atoms with Gasteiger partial charge < -0.3 is 10.1 Å². The molecule has 2 aromatic rings. The number of aryl methyl sites for hydroxylation is 2. The van der Waals surface area contributed by atoms with Crippen LogP contribution in [0.2, 0.25) is 0 Å². The number of rotatable bonds is 4. The Hall–Kier alpha value is -1.26. The molecule has 1 aromatic heterocycles. The van der Waals surface area contributed by atoms with Gasteiger partial charge in [-0.05, 0) is 19.4 Å². The molecule has 2 N–H and O–H groups in total. The van der Waals surface area contributed by atoms with Crippen molar-refractivity contribution in [2.24, 2.45) is 0 Å². The van der Waals surface area contributed by atoms with E-state index in [-0.39, 0.29) is 6.61 Å². The minimum absolute atomic E-state index is 0.00652. The highest BCUT2D eigenvalue weighted by Crippen LogP contribution is 2.21. The van der Waals surface area contributed by atoms with Gasteiger partial charge in [0, 0.05) is 11.4 Å². The average molecular weight is 248 g/mol. The van der Waals surface area contributed by atoms with Crippen LogP contribution < -0.4 is 0 Å². The topological polar surface area (TPSA) is 48.9 Å². The van der Waals surface area contributed by atoms with E-state index in [4.69, 9.17) is 5.11 Å². The summed E-state index contributed by atoms with van der Waals surface area (Å²) in [6, 6.07) is 8.49. The molecule has 0 aliphatic rings. The van der Waals surface area contributed by atoms with Crippen molar-refractivity contribution in [3.05, 3.63) is 46.8 Å². The predicted octanol–water partition coefficient (Wildman–Crippen LogP) is 2.81. The van der Waals surface area contributed by atoms with E-state index in [9.17, 15) is 0 Å². The molecule has 0 unspecified atom stereocenters. The normalized spacial score (nSPS) is 10.8. The van der Waals surface area contributed by atoms with Gasteiger partial charge in [0.1, 0.15) is 0 Å². The van der Waals surface area contributed by atoms with E-state index in [2.05, 4.69) is 41.2 Å². The SMILES string of the molecule is Cc1ccc(CSc2nc(CO)c(C)[nH]2)cc1. The van der Waals surface area contributed by atoms with Crippen LogP contribution in [0.25, 0.3) is 0 Å². The quantitative estimate of drug-likeness (QED) is 0.818. The third kappa shape index (κ3) is 3.11. The number of aromatic amines is 1. The van der Waals surface area contributed by atoms with Crippen molar-refractivity contribution in [3.8, 4) is 0 Å². The molecule has 17 heavy (non-hydrogen) atoms. The first kappa shape index (κ1) is 12.2. The van der Waals surface area contributed by atoms with Crippen LogP contribution in [-0.2, 0) is 12.4 Å². The molecule has 0 atom stereocenters. The van der Waals surface area contributed by atoms with Gasteiger partial charge >= 0.3 is 0 Å². The van der Waals surface area contributed by atoms with Crippen molar-refractivity contribution >= 4 is 11.8 Å². The van der Waals surface area contributed by atoms with Crippen LogP contribution in [-0.4, -0.2) is 15.1 Å². The highest BCUT2D eigenvalue weighted by Gasteiger charge is 2.05. The molecule has 0 saturated heterocycles. The number of hydrogen-bond acceptors (Lipinski definition) is 3. The molecule has 0 saturated carbocycles. The lowest BCUT2D eigenvalue weighted by molar-refractivity contribution is 0.276. The summed E-state index contributed by atoms with van der Waals surface area (Å²) in [5.74, 6) is 0.887. The number of aliphatic hydroxyl groups is 1. The van der Waals surface area contributed by atoms with E-state index < -0.39 is 0 Å². The summed E-state index contributed by atoms with van der Waals surface area (Å²) in [6.45, 7) is 4.00. The number of nitrogens with zero attached hydrogens (tertiary/aromatic N) is 1. The summed E-state index contributed by atoms with van der Waals surface area (Å²) in [5.41, 5.74) is 4.23. The summed E-state index contributed by atoms with van der Waals surface area (Å²) in [6.07, 6.45) is 0. The van der Waals surface area contributed by atoms with Crippen molar-refractivity contribution in [1.29, 1.82) is 0 Å². The molecule has 0 aliphatic heterocycles. The average Bonchev–Trinajstić information content (AvgIpc) is 2.69. The lowest BCUT2D eigenvalue weighted by atomic mass is 10.2. The zero-order valence-electron chi connectivity index (χ0n) is 10.0. The lowest BCUT2D eigenvalue weighted by Crippen LogP contribution is -1.85. The molecule has 4 heteroatoms. The smallest absolute Gasteiger partial charge is 0.166 e. The third-order valence-corrected chi connectivity index (χ3v) is 3.55. The zero-order chi connectivity index (χ0) is 12.3. The Kier molecular flexibility index (Phi) is 3.86. The first-order valence-electron chi connectivity index (χ1n) is 5.53. The van der Waals surface area contributed by atoms with Gasteiger partial charge in [-0.2, -0.15) is 0 Å². The molecular weight excluding hydrogens is 232 g/mol. The fraction of sp³-hybridized carbons (Fsp3) is 0.308. The Labute approximate surface area is 105 Å². The van der Waals surface area contributed by atoms with Crippen LogP contribution >= 0.6 is 11.8 Å². The third-order valence-electron chi connectivity index (χ3n) is 2.61. The van der Waals surface area contributed by atoms with E-state index in [1.54, 1.807) is 11.8 Å². The van der Waals surface area contributed by atoms with Gasteiger partial charge in [0.05, 0.1) is 12.3 Å². The van der Waals surface area contributed by atoms with Gasteiger partial charge in [0.15, 0.2) is 5.16 Å². The van der Waals surface area contributed by atoms with Crippen LogP contribution in [0.5, 0.6) is 0 Å². The Bertz CT molecular complexity index is 491.